The third kappa shape index (κ3) is 9.52. The van der Waals surface area contributed by atoms with E-state index in [-0.39, 0.29) is 11.2 Å². The van der Waals surface area contributed by atoms with Gasteiger partial charge in [0.25, 0.3) is 0 Å². The summed E-state index contributed by atoms with van der Waals surface area (Å²) in [5, 5.41) is 3.00. The van der Waals surface area contributed by atoms with Crippen LogP contribution in [0.4, 0.5) is 0 Å². The van der Waals surface area contributed by atoms with Gasteiger partial charge in [0.2, 0.25) is 10.0 Å². The van der Waals surface area contributed by atoms with E-state index in [2.05, 4.69) is 10.0 Å². The number of hydrogen-bond donors (Lipinski definition) is 2. The van der Waals surface area contributed by atoms with E-state index < -0.39 is 10.0 Å². The molecule has 0 atom stereocenters. The Kier molecular flexibility index (Phi) is 7.94. The average Bonchev–Trinajstić information content (AvgIpc) is 2.25. The van der Waals surface area contributed by atoms with E-state index in [0.29, 0.717) is 19.7 Å². The molecule has 0 aliphatic carbocycles. The van der Waals surface area contributed by atoms with Gasteiger partial charge < -0.3 is 10.1 Å². The van der Waals surface area contributed by atoms with Crippen LogP contribution in [-0.4, -0.2) is 47.5 Å². The van der Waals surface area contributed by atoms with E-state index in [0.717, 1.165) is 13.0 Å². The van der Waals surface area contributed by atoms with E-state index in [4.69, 9.17) is 4.74 Å². The zero-order chi connectivity index (χ0) is 13.4. The number of sulfonamides is 1. The Bertz CT molecular complexity index is 289. The lowest BCUT2D eigenvalue weighted by atomic mass is 9.90. The van der Waals surface area contributed by atoms with E-state index in [1.54, 1.807) is 7.11 Å². The molecule has 0 aliphatic heterocycles. The van der Waals surface area contributed by atoms with E-state index in [9.17, 15) is 8.42 Å². The minimum absolute atomic E-state index is 0.0821. The van der Waals surface area contributed by atoms with Gasteiger partial charge in [-0.15, -0.1) is 0 Å². The van der Waals surface area contributed by atoms with Crippen molar-refractivity contribution in [1.82, 2.24) is 10.0 Å². The summed E-state index contributed by atoms with van der Waals surface area (Å²) in [5.41, 5.74) is -0.0821. The molecule has 0 heterocycles. The monoisotopic (exact) mass is 266 g/mol. The summed E-state index contributed by atoms with van der Waals surface area (Å²) in [6.45, 7) is 8.38. The molecule has 0 fully saturated rings. The number of hydrogen-bond acceptors (Lipinski definition) is 4. The van der Waals surface area contributed by atoms with Gasteiger partial charge in [0, 0.05) is 26.8 Å². The molecule has 2 N–H and O–H groups in total. The Hall–Kier alpha value is -0.170. The second-order valence-electron chi connectivity index (χ2n) is 4.90. The van der Waals surface area contributed by atoms with Crippen molar-refractivity contribution in [2.75, 3.05) is 39.1 Å². The van der Waals surface area contributed by atoms with Crippen LogP contribution in [0.2, 0.25) is 0 Å². The molecule has 0 bridgehead atoms. The van der Waals surface area contributed by atoms with Crippen molar-refractivity contribution < 1.29 is 13.2 Å². The van der Waals surface area contributed by atoms with Crippen molar-refractivity contribution >= 4 is 10.0 Å². The van der Waals surface area contributed by atoms with Crippen molar-refractivity contribution in [1.29, 1.82) is 0 Å². The number of nitrogens with one attached hydrogen (secondary N) is 2. The molecule has 0 aromatic heterocycles. The third-order valence-corrected chi connectivity index (χ3v) is 3.88. The molecular weight excluding hydrogens is 240 g/mol. The molecule has 0 radical (unpaired) electrons. The van der Waals surface area contributed by atoms with Gasteiger partial charge >= 0.3 is 0 Å². The smallest absolute Gasteiger partial charge is 0.212 e. The van der Waals surface area contributed by atoms with E-state index in [1.807, 2.05) is 20.8 Å². The standard InChI is InChI=1S/C11H26N2O3S/c1-5-12-7-9-17(14,15)13-10-11(2,3)6-8-16-4/h12-13H,5-10H2,1-4H3. The molecule has 0 saturated heterocycles. The third-order valence-electron chi connectivity index (χ3n) is 2.55. The average molecular weight is 266 g/mol. The van der Waals surface area contributed by atoms with Crippen LogP contribution in [0.25, 0.3) is 0 Å². The molecule has 0 aromatic rings. The summed E-state index contributed by atoms with van der Waals surface area (Å²) < 4.78 is 30.9. The van der Waals surface area contributed by atoms with Crippen LogP contribution < -0.4 is 10.0 Å². The molecule has 0 aromatic carbocycles. The first-order valence-corrected chi connectivity index (χ1v) is 7.65. The van der Waals surface area contributed by atoms with E-state index in [1.165, 1.54) is 0 Å². The Balaban J connectivity index is 3.99. The first-order valence-electron chi connectivity index (χ1n) is 6.00. The van der Waals surface area contributed by atoms with Crippen molar-refractivity contribution in [2.24, 2.45) is 5.41 Å². The van der Waals surface area contributed by atoms with E-state index >= 15 is 0 Å². The molecule has 0 spiro atoms. The number of methoxy groups -OCH3 is 1. The summed E-state index contributed by atoms with van der Waals surface area (Å²) in [5.74, 6) is 0.126. The van der Waals surface area contributed by atoms with Crippen molar-refractivity contribution in [3.05, 3.63) is 0 Å². The second kappa shape index (κ2) is 8.02. The Morgan fingerprint density at radius 1 is 1.29 bits per heavy atom. The van der Waals surface area contributed by atoms with Crippen LogP contribution in [0.3, 0.4) is 0 Å². The van der Waals surface area contributed by atoms with Crippen LogP contribution in [0.5, 0.6) is 0 Å². The highest BCUT2D eigenvalue weighted by Gasteiger charge is 2.20. The zero-order valence-electron chi connectivity index (χ0n) is 11.4. The van der Waals surface area contributed by atoms with Gasteiger partial charge in [0.1, 0.15) is 0 Å². The molecule has 0 amide bonds. The lowest BCUT2D eigenvalue weighted by Crippen LogP contribution is -2.38. The largest absolute Gasteiger partial charge is 0.385 e. The van der Waals surface area contributed by atoms with Crippen LogP contribution in [0.1, 0.15) is 27.2 Å². The highest BCUT2D eigenvalue weighted by atomic mass is 32.2. The normalized spacial score (nSPS) is 12.9. The van der Waals surface area contributed by atoms with Gasteiger partial charge in [0.15, 0.2) is 0 Å². The summed E-state index contributed by atoms with van der Waals surface area (Å²) >= 11 is 0. The molecule has 0 unspecified atom stereocenters. The van der Waals surface area contributed by atoms with Gasteiger partial charge in [-0.05, 0) is 18.4 Å². The minimum atomic E-state index is -3.17. The fourth-order valence-corrected chi connectivity index (χ4v) is 2.40. The van der Waals surface area contributed by atoms with Gasteiger partial charge in [0.05, 0.1) is 5.75 Å². The molecule has 5 nitrogen and oxygen atoms in total. The van der Waals surface area contributed by atoms with Crippen LogP contribution in [-0.2, 0) is 14.8 Å². The first-order chi connectivity index (χ1) is 7.83. The van der Waals surface area contributed by atoms with Crippen LogP contribution in [0, 0.1) is 5.41 Å². The van der Waals surface area contributed by atoms with Crippen molar-refractivity contribution in [2.45, 2.75) is 27.2 Å². The summed E-state index contributed by atoms with van der Waals surface area (Å²) in [6.07, 6.45) is 0.833. The van der Waals surface area contributed by atoms with Gasteiger partial charge in [-0.25, -0.2) is 13.1 Å². The molecule has 17 heavy (non-hydrogen) atoms. The van der Waals surface area contributed by atoms with Gasteiger partial charge in [-0.2, -0.15) is 0 Å². The molecular formula is C11H26N2O3S. The first kappa shape index (κ1) is 16.8. The molecule has 0 saturated carbocycles. The summed E-state index contributed by atoms with van der Waals surface area (Å²) in [7, 11) is -1.52. The SMILES string of the molecule is CCNCCS(=O)(=O)NCC(C)(C)CCOC. The molecule has 0 rings (SSSR count). The number of ether oxygens (including phenoxy) is 1. The van der Waals surface area contributed by atoms with Gasteiger partial charge in [-0.1, -0.05) is 20.8 Å². The lowest BCUT2D eigenvalue weighted by molar-refractivity contribution is 0.153. The molecule has 0 aliphatic rings. The second-order valence-corrected chi connectivity index (χ2v) is 6.83. The Labute approximate surface area is 105 Å². The highest BCUT2D eigenvalue weighted by molar-refractivity contribution is 7.89. The maximum Gasteiger partial charge on any atom is 0.212 e. The van der Waals surface area contributed by atoms with Crippen LogP contribution in [0.15, 0.2) is 0 Å². The lowest BCUT2D eigenvalue weighted by Gasteiger charge is -2.24. The van der Waals surface area contributed by atoms with Gasteiger partial charge in [-0.3, -0.25) is 0 Å². The molecule has 104 valence electrons. The summed E-state index contributed by atoms with van der Waals surface area (Å²) in [6, 6.07) is 0. The zero-order valence-corrected chi connectivity index (χ0v) is 12.2. The fourth-order valence-electron chi connectivity index (χ4n) is 1.23. The maximum atomic E-state index is 11.6. The molecule has 6 heteroatoms. The minimum Gasteiger partial charge on any atom is -0.385 e. The Morgan fingerprint density at radius 2 is 1.94 bits per heavy atom. The topological polar surface area (TPSA) is 67.4 Å². The predicted molar refractivity (Wildman–Crippen MR) is 70.6 cm³/mol. The fraction of sp³-hybridized carbons (Fsp3) is 1.00. The quantitative estimate of drug-likeness (QED) is 0.568. The summed E-state index contributed by atoms with van der Waals surface area (Å²) in [4.78, 5) is 0. The van der Waals surface area contributed by atoms with Crippen molar-refractivity contribution in [3.8, 4) is 0 Å². The van der Waals surface area contributed by atoms with Crippen molar-refractivity contribution in [3.63, 3.8) is 0 Å². The maximum absolute atomic E-state index is 11.6. The highest BCUT2D eigenvalue weighted by Crippen LogP contribution is 2.18. The Morgan fingerprint density at radius 3 is 2.47 bits per heavy atom. The predicted octanol–water partition coefficient (Wildman–Crippen LogP) is 0.578. The number of rotatable bonds is 10. The van der Waals surface area contributed by atoms with Crippen LogP contribution >= 0.6 is 0 Å².